The first-order valence-corrected chi connectivity index (χ1v) is 7.10. The first-order valence-electron chi connectivity index (χ1n) is 7.10. The van der Waals surface area contributed by atoms with E-state index in [2.05, 4.69) is 5.32 Å². The second-order valence-electron chi connectivity index (χ2n) is 5.66. The van der Waals surface area contributed by atoms with Crippen molar-refractivity contribution in [2.24, 2.45) is 11.8 Å². The molecule has 0 aliphatic carbocycles. The molecule has 0 aliphatic heterocycles. The Labute approximate surface area is 125 Å². The number of carbonyl (C=O) groups is 2. The fourth-order valence-electron chi connectivity index (χ4n) is 1.48. The van der Waals surface area contributed by atoms with Gasteiger partial charge < -0.3 is 9.47 Å². The number of ether oxygens (including phenoxy) is 2. The van der Waals surface area contributed by atoms with Crippen molar-refractivity contribution in [3.63, 3.8) is 0 Å². The van der Waals surface area contributed by atoms with Crippen LogP contribution in [-0.2, 0) is 9.47 Å². The lowest BCUT2D eigenvalue weighted by Crippen LogP contribution is -2.19. The highest BCUT2D eigenvalue weighted by Gasteiger charge is 2.15. The number of hydrogen-bond donors (Lipinski definition) is 1. The molecule has 0 fully saturated rings. The molecule has 0 saturated heterocycles. The lowest BCUT2D eigenvalue weighted by molar-refractivity contribution is 0.0460. The van der Waals surface area contributed by atoms with Crippen LogP contribution in [0.4, 0.5) is 10.5 Å². The SMILES string of the molecule is CC(C)COC(=O)Nc1ccccc1C(=O)OCC(C)C. The number of carbonyl (C=O) groups excluding carboxylic acids is 2. The van der Waals surface area contributed by atoms with Crippen LogP contribution in [-0.4, -0.2) is 25.3 Å². The average molecular weight is 293 g/mol. The molecule has 21 heavy (non-hydrogen) atoms. The summed E-state index contributed by atoms with van der Waals surface area (Å²) in [6.07, 6.45) is -0.576. The molecule has 1 rings (SSSR count). The van der Waals surface area contributed by atoms with Crippen LogP contribution in [0.5, 0.6) is 0 Å². The Morgan fingerprint density at radius 3 is 2.19 bits per heavy atom. The summed E-state index contributed by atoms with van der Waals surface area (Å²) in [6.45, 7) is 8.48. The number of nitrogens with one attached hydrogen (secondary N) is 1. The molecule has 5 heteroatoms. The van der Waals surface area contributed by atoms with E-state index in [-0.39, 0.29) is 11.8 Å². The van der Waals surface area contributed by atoms with E-state index in [1.807, 2.05) is 27.7 Å². The second-order valence-corrected chi connectivity index (χ2v) is 5.66. The lowest BCUT2D eigenvalue weighted by atomic mass is 10.2. The number of rotatable bonds is 6. The molecule has 1 amide bonds. The van der Waals surface area contributed by atoms with Crippen molar-refractivity contribution in [3.05, 3.63) is 29.8 Å². The van der Waals surface area contributed by atoms with Crippen LogP contribution in [0.15, 0.2) is 24.3 Å². The monoisotopic (exact) mass is 293 g/mol. The van der Waals surface area contributed by atoms with Gasteiger partial charge in [-0.15, -0.1) is 0 Å². The molecule has 0 spiro atoms. The molecule has 116 valence electrons. The molecule has 0 aliphatic rings. The van der Waals surface area contributed by atoms with E-state index in [1.165, 1.54) is 0 Å². The lowest BCUT2D eigenvalue weighted by Gasteiger charge is -2.12. The molecule has 5 nitrogen and oxygen atoms in total. The van der Waals surface area contributed by atoms with Gasteiger partial charge in [-0.2, -0.15) is 0 Å². The molecule has 0 atom stereocenters. The van der Waals surface area contributed by atoms with Crippen molar-refractivity contribution in [2.75, 3.05) is 18.5 Å². The molecule has 1 N–H and O–H groups in total. The number of hydrogen-bond acceptors (Lipinski definition) is 4. The van der Waals surface area contributed by atoms with Crippen LogP contribution < -0.4 is 5.32 Å². The number of benzene rings is 1. The first-order chi connectivity index (χ1) is 9.90. The van der Waals surface area contributed by atoms with Gasteiger partial charge in [-0.25, -0.2) is 9.59 Å². The number of para-hydroxylation sites is 1. The highest BCUT2D eigenvalue weighted by molar-refractivity contribution is 5.99. The molecular weight excluding hydrogens is 270 g/mol. The molecule has 0 heterocycles. The quantitative estimate of drug-likeness (QED) is 0.812. The normalized spacial score (nSPS) is 10.6. The number of esters is 1. The molecule has 0 radical (unpaired) electrons. The fraction of sp³-hybridized carbons (Fsp3) is 0.500. The highest BCUT2D eigenvalue weighted by Crippen LogP contribution is 2.17. The summed E-state index contributed by atoms with van der Waals surface area (Å²) < 4.78 is 10.2. The van der Waals surface area contributed by atoms with E-state index in [0.717, 1.165) is 0 Å². The Balaban J connectivity index is 2.70. The van der Waals surface area contributed by atoms with Gasteiger partial charge in [-0.05, 0) is 24.0 Å². The summed E-state index contributed by atoms with van der Waals surface area (Å²) in [5.74, 6) is 0.0514. The Bertz CT molecular complexity index is 483. The molecule has 0 saturated carbocycles. The van der Waals surface area contributed by atoms with Crippen LogP contribution in [0.1, 0.15) is 38.1 Å². The van der Waals surface area contributed by atoms with E-state index < -0.39 is 12.1 Å². The van der Waals surface area contributed by atoms with Crippen molar-refractivity contribution in [2.45, 2.75) is 27.7 Å². The summed E-state index contributed by atoms with van der Waals surface area (Å²) >= 11 is 0. The van der Waals surface area contributed by atoms with Crippen molar-refractivity contribution in [1.82, 2.24) is 0 Å². The summed E-state index contributed by atoms with van der Waals surface area (Å²) in [6, 6.07) is 6.71. The van der Waals surface area contributed by atoms with Gasteiger partial charge in [0.25, 0.3) is 0 Å². The maximum Gasteiger partial charge on any atom is 0.411 e. The fourth-order valence-corrected chi connectivity index (χ4v) is 1.48. The van der Waals surface area contributed by atoms with E-state index >= 15 is 0 Å². The smallest absolute Gasteiger partial charge is 0.411 e. The van der Waals surface area contributed by atoms with Crippen LogP contribution in [0.2, 0.25) is 0 Å². The van der Waals surface area contributed by atoms with Crippen molar-refractivity contribution >= 4 is 17.7 Å². The van der Waals surface area contributed by atoms with E-state index in [4.69, 9.17) is 9.47 Å². The topological polar surface area (TPSA) is 64.6 Å². The molecule has 0 unspecified atom stereocenters. The Morgan fingerprint density at radius 1 is 1.00 bits per heavy atom. The van der Waals surface area contributed by atoms with Crippen LogP contribution >= 0.6 is 0 Å². The Morgan fingerprint density at radius 2 is 1.57 bits per heavy atom. The van der Waals surface area contributed by atoms with Gasteiger partial charge in [-0.1, -0.05) is 39.8 Å². The largest absolute Gasteiger partial charge is 0.462 e. The van der Waals surface area contributed by atoms with E-state index in [0.29, 0.717) is 24.5 Å². The maximum absolute atomic E-state index is 12.0. The molecule has 1 aromatic rings. The average Bonchev–Trinajstić information content (AvgIpc) is 2.43. The minimum atomic E-state index is -0.576. The highest BCUT2D eigenvalue weighted by atomic mass is 16.5. The zero-order valence-corrected chi connectivity index (χ0v) is 13.0. The third kappa shape index (κ3) is 6.29. The zero-order valence-electron chi connectivity index (χ0n) is 13.0. The third-order valence-electron chi connectivity index (χ3n) is 2.48. The predicted molar refractivity (Wildman–Crippen MR) is 81.4 cm³/mol. The molecule has 0 bridgehead atoms. The van der Waals surface area contributed by atoms with Crippen molar-refractivity contribution in [1.29, 1.82) is 0 Å². The van der Waals surface area contributed by atoms with Crippen molar-refractivity contribution in [3.8, 4) is 0 Å². The predicted octanol–water partition coefficient (Wildman–Crippen LogP) is 3.70. The van der Waals surface area contributed by atoms with E-state index in [9.17, 15) is 9.59 Å². The summed E-state index contributed by atoms with van der Waals surface area (Å²) in [5.41, 5.74) is 0.708. The molecule has 0 aromatic heterocycles. The minimum Gasteiger partial charge on any atom is -0.462 e. The summed E-state index contributed by atoms with van der Waals surface area (Å²) in [4.78, 5) is 23.7. The van der Waals surface area contributed by atoms with Crippen LogP contribution in [0.3, 0.4) is 0 Å². The Hall–Kier alpha value is -2.04. The first kappa shape index (κ1) is 17.0. The van der Waals surface area contributed by atoms with E-state index in [1.54, 1.807) is 24.3 Å². The summed E-state index contributed by atoms with van der Waals surface area (Å²) in [7, 11) is 0. The van der Waals surface area contributed by atoms with Gasteiger partial charge in [0.15, 0.2) is 0 Å². The van der Waals surface area contributed by atoms with Crippen LogP contribution in [0.25, 0.3) is 0 Å². The van der Waals surface area contributed by atoms with Gasteiger partial charge in [-0.3, -0.25) is 5.32 Å². The van der Waals surface area contributed by atoms with Crippen LogP contribution in [0, 0.1) is 11.8 Å². The Kier molecular flexibility index (Phi) is 6.72. The number of anilines is 1. The van der Waals surface area contributed by atoms with Gasteiger partial charge in [0, 0.05) is 0 Å². The second kappa shape index (κ2) is 8.29. The molecular formula is C16H23NO4. The van der Waals surface area contributed by atoms with Gasteiger partial charge in [0.1, 0.15) is 0 Å². The standard InChI is InChI=1S/C16H23NO4/c1-11(2)9-20-15(18)13-7-5-6-8-14(13)17-16(19)21-10-12(3)4/h5-8,11-12H,9-10H2,1-4H3,(H,17,19). The van der Waals surface area contributed by atoms with Crippen molar-refractivity contribution < 1.29 is 19.1 Å². The van der Waals surface area contributed by atoms with Gasteiger partial charge in [0.05, 0.1) is 24.5 Å². The maximum atomic E-state index is 12.0. The third-order valence-corrected chi connectivity index (χ3v) is 2.48. The number of amides is 1. The van der Waals surface area contributed by atoms with Gasteiger partial charge in [0.2, 0.25) is 0 Å². The molecule has 1 aromatic carbocycles. The van der Waals surface area contributed by atoms with Gasteiger partial charge >= 0.3 is 12.1 Å². The minimum absolute atomic E-state index is 0.252. The zero-order chi connectivity index (χ0) is 15.8. The summed E-state index contributed by atoms with van der Waals surface area (Å²) in [5, 5.41) is 2.57.